The van der Waals surface area contributed by atoms with Crippen LogP contribution in [0.15, 0.2) is 12.1 Å². The van der Waals surface area contributed by atoms with Crippen molar-refractivity contribution in [2.24, 2.45) is 5.92 Å². The third-order valence-corrected chi connectivity index (χ3v) is 5.97. The summed E-state index contributed by atoms with van der Waals surface area (Å²) >= 11 is 0. The Morgan fingerprint density at radius 3 is 2.86 bits per heavy atom. The highest BCUT2D eigenvalue weighted by Gasteiger charge is 2.49. The highest BCUT2D eigenvalue weighted by Crippen LogP contribution is 2.56. The summed E-state index contributed by atoms with van der Waals surface area (Å²) in [7, 11) is 3.71. The first-order valence-electron chi connectivity index (χ1n) is 8.24. The Kier molecular flexibility index (Phi) is 3.87. The van der Waals surface area contributed by atoms with E-state index in [1.54, 1.807) is 7.11 Å². The number of aromatic hydroxyl groups is 1. The van der Waals surface area contributed by atoms with Crippen LogP contribution in [-0.2, 0) is 11.8 Å². The van der Waals surface area contributed by atoms with E-state index in [2.05, 4.69) is 25.4 Å². The van der Waals surface area contributed by atoms with Gasteiger partial charge < -0.3 is 15.2 Å². The van der Waals surface area contributed by atoms with Crippen LogP contribution >= 0.6 is 0 Å². The quantitative estimate of drug-likeness (QED) is 0.896. The molecule has 3 unspecified atom stereocenters. The number of likely N-dealkylation sites (N-methyl/N-ethyl adjacent to an activating group) is 1. The lowest BCUT2D eigenvalue weighted by Gasteiger charge is -2.52. The maximum atomic E-state index is 10.8. The number of rotatable bonds is 3. The zero-order chi connectivity index (χ0) is 15.0. The standard InChI is InChI=1S/C18H27NO2/c1-4-18-10-6-5-7-13(18)14(19-2)11-12-8-9-15(21-3)17(20)16(12)18/h8-9,13-14,19-20H,4-7,10-11H2,1-3H3. The molecule has 1 aromatic rings. The van der Waals surface area contributed by atoms with E-state index in [1.807, 2.05) is 6.07 Å². The maximum Gasteiger partial charge on any atom is 0.161 e. The van der Waals surface area contributed by atoms with Crippen molar-refractivity contribution in [3.63, 3.8) is 0 Å². The fourth-order valence-corrected chi connectivity index (χ4v) is 4.97. The Morgan fingerprint density at radius 1 is 1.38 bits per heavy atom. The molecule has 3 nitrogen and oxygen atoms in total. The first kappa shape index (κ1) is 14.7. The second-order valence-electron chi connectivity index (χ2n) is 6.61. The van der Waals surface area contributed by atoms with E-state index in [-0.39, 0.29) is 5.41 Å². The van der Waals surface area contributed by atoms with E-state index in [1.165, 1.54) is 36.8 Å². The van der Waals surface area contributed by atoms with Gasteiger partial charge in [0.25, 0.3) is 0 Å². The first-order valence-corrected chi connectivity index (χ1v) is 8.24. The molecular formula is C18H27NO2. The van der Waals surface area contributed by atoms with Crippen LogP contribution in [0, 0.1) is 5.92 Å². The molecule has 2 aliphatic carbocycles. The number of hydrogen-bond acceptors (Lipinski definition) is 3. The van der Waals surface area contributed by atoms with E-state index in [9.17, 15) is 5.11 Å². The molecule has 3 heteroatoms. The van der Waals surface area contributed by atoms with Crippen LogP contribution in [0.25, 0.3) is 0 Å². The lowest BCUT2D eigenvalue weighted by molar-refractivity contribution is 0.117. The molecule has 21 heavy (non-hydrogen) atoms. The maximum absolute atomic E-state index is 10.8. The van der Waals surface area contributed by atoms with Crippen LogP contribution < -0.4 is 10.1 Å². The van der Waals surface area contributed by atoms with E-state index >= 15 is 0 Å². The van der Waals surface area contributed by atoms with Crippen LogP contribution in [0.5, 0.6) is 11.5 Å². The molecule has 116 valence electrons. The minimum Gasteiger partial charge on any atom is -0.504 e. The van der Waals surface area contributed by atoms with Gasteiger partial charge in [0.15, 0.2) is 11.5 Å². The number of benzene rings is 1. The fraction of sp³-hybridized carbons (Fsp3) is 0.667. The molecule has 0 spiro atoms. The summed E-state index contributed by atoms with van der Waals surface area (Å²) < 4.78 is 5.37. The zero-order valence-electron chi connectivity index (χ0n) is 13.4. The number of methoxy groups -OCH3 is 1. The molecule has 1 saturated carbocycles. The van der Waals surface area contributed by atoms with Gasteiger partial charge in [0.1, 0.15) is 0 Å². The summed E-state index contributed by atoms with van der Waals surface area (Å²) in [6.07, 6.45) is 7.11. The average Bonchev–Trinajstić information content (AvgIpc) is 2.53. The molecule has 0 heterocycles. The number of phenols is 1. The monoisotopic (exact) mass is 289 g/mol. The Morgan fingerprint density at radius 2 is 2.19 bits per heavy atom. The predicted octanol–water partition coefficient (Wildman–Crippen LogP) is 3.38. The minimum atomic E-state index is 0.109. The van der Waals surface area contributed by atoms with Crippen molar-refractivity contribution in [3.05, 3.63) is 23.3 Å². The van der Waals surface area contributed by atoms with Gasteiger partial charge in [0.2, 0.25) is 0 Å². The van der Waals surface area contributed by atoms with Crippen molar-refractivity contribution in [3.8, 4) is 11.5 Å². The van der Waals surface area contributed by atoms with Crippen LogP contribution in [0.1, 0.15) is 50.2 Å². The average molecular weight is 289 g/mol. The van der Waals surface area contributed by atoms with E-state index in [0.29, 0.717) is 23.5 Å². The largest absolute Gasteiger partial charge is 0.504 e. The molecule has 3 rings (SSSR count). The normalized spacial score (nSPS) is 31.4. The van der Waals surface area contributed by atoms with Gasteiger partial charge in [-0.15, -0.1) is 0 Å². The minimum absolute atomic E-state index is 0.109. The van der Waals surface area contributed by atoms with Crippen LogP contribution in [0.2, 0.25) is 0 Å². The van der Waals surface area contributed by atoms with Crippen molar-refractivity contribution in [1.29, 1.82) is 0 Å². The molecule has 0 aliphatic heterocycles. The van der Waals surface area contributed by atoms with Crippen molar-refractivity contribution in [1.82, 2.24) is 5.32 Å². The molecular weight excluding hydrogens is 262 g/mol. The molecule has 0 saturated heterocycles. The van der Waals surface area contributed by atoms with Gasteiger partial charge in [-0.3, -0.25) is 0 Å². The molecule has 1 aromatic carbocycles. The van der Waals surface area contributed by atoms with Gasteiger partial charge in [0, 0.05) is 17.0 Å². The third kappa shape index (κ3) is 2.05. The molecule has 3 atom stereocenters. The number of ether oxygens (including phenoxy) is 1. The van der Waals surface area contributed by atoms with Crippen molar-refractivity contribution < 1.29 is 9.84 Å². The Balaban J connectivity index is 2.20. The summed E-state index contributed by atoms with van der Waals surface area (Å²) in [6.45, 7) is 2.28. The predicted molar refractivity (Wildman–Crippen MR) is 85.1 cm³/mol. The molecule has 0 radical (unpaired) electrons. The second kappa shape index (κ2) is 5.53. The second-order valence-corrected chi connectivity index (χ2v) is 6.61. The zero-order valence-corrected chi connectivity index (χ0v) is 13.4. The Labute approximate surface area is 127 Å². The highest BCUT2D eigenvalue weighted by molar-refractivity contribution is 5.55. The topological polar surface area (TPSA) is 41.5 Å². The summed E-state index contributed by atoms with van der Waals surface area (Å²) in [6, 6.07) is 4.58. The van der Waals surface area contributed by atoms with Gasteiger partial charge in [-0.2, -0.15) is 0 Å². The lowest BCUT2D eigenvalue weighted by atomic mass is 9.54. The summed E-state index contributed by atoms with van der Waals surface area (Å²) in [5, 5.41) is 14.3. The molecule has 1 fully saturated rings. The van der Waals surface area contributed by atoms with E-state index in [4.69, 9.17) is 4.74 Å². The number of hydrogen-bond donors (Lipinski definition) is 2. The Hall–Kier alpha value is -1.22. The first-order chi connectivity index (χ1) is 10.2. The van der Waals surface area contributed by atoms with Crippen molar-refractivity contribution in [2.45, 2.75) is 56.9 Å². The van der Waals surface area contributed by atoms with Gasteiger partial charge in [0.05, 0.1) is 7.11 Å². The molecule has 0 aromatic heterocycles. The summed E-state index contributed by atoms with van der Waals surface area (Å²) in [5.41, 5.74) is 2.59. The highest BCUT2D eigenvalue weighted by atomic mass is 16.5. The van der Waals surface area contributed by atoms with Crippen molar-refractivity contribution in [2.75, 3.05) is 14.2 Å². The summed E-state index contributed by atoms with van der Waals surface area (Å²) in [4.78, 5) is 0. The third-order valence-electron chi connectivity index (χ3n) is 5.97. The summed E-state index contributed by atoms with van der Waals surface area (Å²) in [5.74, 6) is 1.62. The lowest BCUT2D eigenvalue weighted by Crippen LogP contribution is -2.53. The molecule has 0 amide bonds. The number of fused-ring (bicyclic) bond motifs is 3. The van der Waals surface area contributed by atoms with Crippen LogP contribution in [0.4, 0.5) is 0 Å². The molecule has 2 aliphatic rings. The number of phenolic OH excluding ortho intramolecular Hbond substituents is 1. The Bertz CT molecular complexity index is 528. The van der Waals surface area contributed by atoms with Gasteiger partial charge in [-0.1, -0.05) is 25.8 Å². The fourth-order valence-electron chi connectivity index (χ4n) is 4.97. The van der Waals surface area contributed by atoms with E-state index in [0.717, 1.165) is 12.8 Å². The van der Waals surface area contributed by atoms with Crippen LogP contribution in [0.3, 0.4) is 0 Å². The molecule has 0 bridgehead atoms. The number of nitrogens with one attached hydrogen (secondary N) is 1. The van der Waals surface area contributed by atoms with E-state index < -0.39 is 0 Å². The van der Waals surface area contributed by atoms with Gasteiger partial charge >= 0.3 is 0 Å². The van der Waals surface area contributed by atoms with Gasteiger partial charge in [-0.25, -0.2) is 0 Å². The van der Waals surface area contributed by atoms with Gasteiger partial charge in [-0.05, 0) is 50.3 Å². The van der Waals surface area contributed by atoms with Crippen LogP contribution in [-0.4, -0.2) is 25.3 Å². The smallest absolute Gasteiger partial charge is 0.161 e. The SMILES string of the molecule is CCC12CCCCC1C(NC)Cc1ccc(OC)c(O)c12. The molecule has 2 N–H and O–H groups in total. The van der Waals surface area contributed by atoms with Crippen molar-refractivity contribution >= 4 is 0 Å².